The van der Waals surface area contributed by atoms with Crippen LogP contribution in [0.5, 0.6) is 0 Å². The predicted octanol–water partition coefficient (Wildman–Crippen LogP) is 4.08. The van der Waals surface area contributed by atoms with Crippen LogP contribution in [0.2, 0.25) is 0 Å². The number of carbonyl (C=O) groups is 1. The maximum atomic E-state index is 14.0. The first-order valence-corrected chi connectivity index (χ1v) is 13.4. The first-order valence-electron chi connectivity index (χ1n) is 13.4. The van der Waals surface area contributed by atoms with Crippen molar-refractivity contribution in [1.29, 1.82) is 5.26 Å². The third kappa shape index (κ3) is 5.23. The Morgan fingerprint density at radius 3 is 2.35 bits per heavy atom. The minimum absolute atomic E-state index is 0.0267. The van der Waals surface area contributed by atoms with Gasteiger partial charge in [0.15, 0.2) is 0 Å². The number of carboxylic acids is 1. The highest BCUT2D eigenvalue weighted by molar-refractivity contribution is 5.99. The third-order valence-electron chi connectivity index (χ3n) is 7.90. The summed E-state index contributed by atoms with van der Waals surface area (Å²) >= 11 is 0. The molecular formula is C30H31F3N6O4. The summed E-state index contributed by atoms with van der Waals surface area (Å²) in [4.78, 5) is 42.6. The smallest absolute Gasteiger partial charge is 0.416 e. The molecule has 3 unspecified atom stereocenters. The Kier molecular flexibility index (Phi) is 8.37. The van der Waals surface area contributed by atoms with E-state index in [1.807, 2.05) is 13.0 Å². The number of hydrogen-bond donors (Lipinski definition) is 1. The monoisotopic (exact) mass is 596 g/mol. The topological polar surface area (TPSA) is 124 Å². The van der Waals surface area contributed by atoms with E-state index in [0.29, 0.717) is 24.1 Å². The molecular weight excluding hydrogens is 565 g/mol. The number of hydrogen-bond acceptors (Lipinski definition) is 7. The molecule has 3 aromatic rings. The molecule has 0 saturated carbocycles. The van der Waals surface area contributed by atoms with Gasteiger partial charge in [0.25, 0.3) is 5.56 Å². The Balaban J connectivity index is 2.12. The number of anilines is 1. The fourth-order valence-electron chi connectivity index (χ4n) is 5.82. The van der Waals surface area contributed by atoms with Crippen LogP contribution in [-0.4, -0.2) is 51.5 Å². The van der Waals surface area contributed by atoms with E-state index in [0.717, 1.165) is 27.3 Å². The number of rotatable bonds is 8. The van der Waals surface area contributed by atoms with Gasteiger partial charge in [-0.1, -0.05) is 19.4 Å². The zero-order valence-electron chi connectivity index (χ0n) is 24.3. The van der Waals surface area contributed by atoms with E-state index in [2.05, 4.69) is 5.10 Å². The lowest BCUT2D eigenvalue weighted by atomic mass is 9.70. The van der Waals surface area contributed by atoms with Crippen molar-refractivity contribution in [2.45, 2.75) is 44.9 Å². The summed E-state index contributed by atoms with van der Waals surface area (Å²) in [6, 6.07) is 10.3. The molecule has 1 aromatic heterocycles. The van der Waals surface area contributed by atoms with Crippen molar-refractivity contribution in [3.8, 4) is 11.8 Å². The number of benzene rings is 2. The van der Waals surface area contributed by atoms with E-state index in [1.165, 1.54) is 43.4 Å². The number of carboxylic acid groups (broad SMARTS) is 1. The standard InChI is InChI=1S/C30H31F3N6O4/c1-6-8-23(36(3)4)29(27(41)42)17-35-39(21-13-11-19(16-34)12-14-21)25(29)24-18(2)38(28(43)37(5)26(24)40)22-10-7-9-20(15-22)30(31,32)33/h7,9-15,17,23,25H,6,8H2,1-5H3,(H,41,42). The van der Waals surface area contributed by atoms with Crippen molar-refractivity contribution in [2.75, 3.05) is 19.1 Å². The molecule has 0 saturated heterocycles. The van der Waals surface area contributed by atoms with Crippen molar-refractivity contribution >= 4 is 17.9 Å². The van der Waals surface area contributed by atoms with Crippen LogP contribution < -0.4 is 16.3 Å². The Morgan fingerprint density at radius 2 is 1.81 bits per heavy atom. The summed E-state index contributed by atoms with van der Waals surface area (Å²) in [6.45, 7) is 3.30. The normalized spacial score (nSPS) is 19.1. The van der Waals surface area contributed by atoms with Gasteiger partial charge in [0, 0.05) is 25.0 Å². The first kappa shape index (κ1) is 31.2. The Bertz CT molecular complexity index is 1740. The number of hydrazone groups is 1. The second kappa shape index (κ2) is 11.5. The average Bonchev–Trinajstić information content (AvgIpc) is 3.35. The average molecular weight is 597 g/mol. The summed E-state index contributed by atoms with van der Waals surface area (Å²) in [5.74, 6) is -1.28. The van der Waals surface area contributed by atoms with Gasteiger partial charge in [-0.15, -0.1) is 0 Å². The molecule has 13 heteroatoms. The lowest BCUT2D eigenvalue weighted by molar-refractivity contribution is -0.148. The second-order valence-electron chi connectivity index (χ2n) is 10.7. The number of nitrogens with zero attached hydrogens (tertiary/aromatic N) is 6. The van der Waals surface area contributed by atoms with Gasteiger partial charge in [-0.3, -0.25) is 23.7 Å². The minimum Gasteiger partial charge on any atom is -0.480 e. The lowest BCUT2D eigenvalue weighted by Gasteiger charge is -2.42. The third-order valence-corrected chi connectivity index (χ3v) is 7.90. The molecule has 2 heterocycles. The SMILES string of the molecule is CCCC(N(C)C)C1(C(=O)O)C=NN(c2ccc(C#N)cc2)C1c1c(C)n(-c2cccc(C(F)(F)F)c2)c(=O)n(C)c1=O. The molecule has 1 N–H and O–H groups in total. The Morgan fingerprint density at radius 1 is 1.16 bits per heavy atom. The maximum absolute atomic E-state index is 14.0. The van der Waals surface area contributed by atoms with Gasteiger partial charge in [-0.25, -0.2) is 4.79 Å². The Hall–Kier alpha value is -4.70. The van der Waals surface area contributed by atoms with Crippen LogP contribution >= 0.6 is 0 Å². The van der Waals surface area contributed by atoms with Crippen LogP contribution in [0, 0.1) is 23.7 Å². The van der Waals surface area contributed by atoms with E-state index >= 15 is 0 Å². The number of aromatic nitrogens is 2. The molecule has 0 aliphatic carbocycles. The zero-order chi connectivity index (χ0) is 31.9. The number of alkyl halides is 3. The maximum Gasteiger partial charge on any atom is 0.416 e. The van der Waals surface area contributed by atoms with Crippen molar-refractivity contribution < 1.29 is 23.1 Å². The summed E-state index contributed by atoms with van der Waals surface area (Å²) in [6.07, 6.45) is -2.41. The number of halogens is 3. The van der Waals surface area contributed by atoms with Crippen LogP contribution in [0.25, 0.3) is 5.69 Å². The van der Waals surface area contributed by atoms with Crippen LogP contribution in [0.15, 0.2) is 63.2 Å². The van der Waals surface area contributed by atoms with Crippen molar-refractivity contribution in [2.24, 2.45) is 17.6 Å². The first-order chi connectivity index (χ1) is 20.2. The van der Waals surface area contributed by atoms with Crippen LogP contribution in [0.3, 0.4) is 0 Å². The van der Waals surface area contributed by atoms with Gasteiger partial charge < -0.3 is 10.0 Å². The van der Waals surface area contributed by atoms with Crippen LogP contribution in [-0.2, 0) is 18.0 Å². The molecule has 3 atom stereocenters. The van der Waals surface area contributed by atoms with Gasteiger partial charge in [-0.05, 0) is 69.9 Å². The molecule has 10 nitrogen and oxygen atoms in total. The van der Waals surface area contributed by atoms with Crippen molar-refractivity contribution in [1.82, 2.24) is 14.0 Å². The molecule has 43 heavy (non-hydrogen) atoms. The number of aliphatic carboxylic acids is 1. The van der Waals surface area contributed by atoms with Gasteiger partial charge in [0.05, 0.1) is 34.1 Å². The molecule has 0 amide bonds. The van der Waals surface area contributed by atoms with E-state index in [4.69, 9.17) is 0 Å². The van der Waals surface area contributed by atoms with E-state index in [1.54, 1.807) is 31.1 Å². The summed E-state index contributed by atoms with van der Waals surface area (Å²) in [5, 5.41) is 26.1. The summed E-state index contributed by atoms with van der Waals surface area (Å²) < 4.78 is 42.6. The van der Waals surface area contributed by atoms with Crippen molar-refractivity contribution in [3.05, 3.63) is 91.8 Å². The second-order valence-corrected chi connectivity index (χ2v) is 10.7. The fourth-order valence-corrected chi connectivity index (χ4v) is 5.82. The highest BCUT2D eigenvalue weighted by Crippen LogP contribution is 2.49. The van der Waals surface area contributed by atoms with E-state index in [-0.39, 0.29) is 16.9 Å². The fraction of sp³-hybridized carbons (Fsp3) is 0.367. The molecule has 0 spiro atoms. The van der Waals surface area contributed by atoms with Gasteiger partial charge in [0.1, 0.15) is 11.5 Å². The molecule has 1 aliphatic heterocycles. The summed E-state index contributed by atoms with van der Waals surface area (Å²) in [5.41, 5.74) is -4.10. The van der Waals surface area contributed by atoms with Crippen LogP contribution in [0.4, 0.5) is 18.9 Å². The molecule has 0 radical (unpaired) electrons. The Labute approximate surface area is 245 Å². The highest BCUT2D eigenvalue weighted by atomic mass is 19.4. The quantitative estimate of drug-likeness (QED) is 0.416. The van der Waals surface area contributed by atoms with E-state index < -0.39 is 46.5 Å². The summed E-state index contributed by atoms with van der Waals surface area (Å²) in [7, 11) is 4.63. The zero-order valence-corrected chi connectivity index (χ0v) is 24.3. The predicted molar refractivity (Wildman–Crippen MR) is 154 cm³/mol. The molecule has 0 fully saturated rings. The lowest BCUT2D eigenvalue weighted by Crippen LogP contribution is -2.56. The van der Waals surface area contributed by atoms with Gasteiger partial charge >= 0.3 is 17.8 Å². The van der Waals surface area contributed by atoms with Gasteiger partial charge in [0.2, 0.25) is 0 Å². The molecule has 1 aliphatic rings. The minimum atomic E-state index is -4.69. The molecule has 2 aromatic carbocycles. The van der Waals surface area contributed by atoms with Crippen molar-refractivity contribution in [3.63, 3.8) is 0 Å². The van der Waals surface area contributed by atoms with Gasteiger partial charge in [-0.2, -0.15) is 23.5 Å². The van der Waals surface area contributed by atoms with Crippen LogP contribution in [0.1, 0.15) is 48.2 Å². The molecule has 0 bridgehead atoms. The van der Waals surface area contributed by atoms with E-state index in [9.17, 15) is 37.9 Å². The highest BCUT2D eigenvalue weighted by Gasteiger charge is 2.59. The molecule has 226 valence electrons. The molecule has 4 rings (SSSR count). The largest absolute Gasteiger partial charge is 0.480 e. The number of nitriles is 1.